The Kier molecular flexibility index (Phi) is 5.28. The summed E-state index contributed by atoms with van der Waals surface area (Å²) in [5.74, 6) is 0. The van der Waals surface area contributed by atoms with Gasteiger partial charge in [0.1, 0.15) is 0 Å². The average molecular weight is 337 g/mol. The number of rotatable bonds is 4. The molecule has 0 spiro atoms. The molecule has 0 saturated carbocycles. The van der Waals surface area contributed by atoms with Crippen LogP contribution in [0.2, 0.25) is 0 Å². The highest BCUT2D eigenvalue weighted by molar-refractivity contribution is 8.93. The third kappa shape index (κ3) is 2.79. The van der Waals surface area contributed by atoms with Crippen molar-refractivity contribution in [2.75, 3.05) is 13.1 Å². The fourth-order valence-electron chi connectivity index (χ4n) is 3.34. The number of halogens is 1. The number of para-hydroxylation sites is 1. The molecule has 110 valence electrons. The topological polar surface area (TPSA) is 8.17 Å². The van der Waals surface area contributed by atoms with E-state index in [1.165, 1.54) is 55.4 Å². The van der Waals surface area contributed by atoms with Crippen LogP contribution >= 0.6 is 17.0 Å². The molecular formula is C17H25BrN2. The predicted molar refractivity (Wildman–Crippen MR) is 91.7 cm³/mol. The van der Waals surface area contributed by atoms with Crippen molar-refractivity contribution in [3.05, 3.63) is 35.5 Å². The Morgan fingerprint density at radius 2 is 1.95 bits per heavy atom. The molecule has 2 nitrogen and oxygen atoms in total. The lowest BCUT2D eigenvalue weighted by molar-refractivity contribution is 0.243. The zero-order valence-electron chi connectivity index (χ0n) is 12.6. The number of fused-ring (bicyclic) bond motifs is 3. The summed E-state index contributed by atoms with van der Waals surface area (Å²) in [6.45, 7) is 5.89. The monoisotopic (exact) mass is 336 g/mol. The lowest BCUT2D eigenvalue weighted by Crippen LogP contribution is -2.32. The highest BCUT2D eigenvalue weighted by atomic mass is 79.9. The quantitative estimate of drug-likeness (QED) is 0.755. The van der Waals surface area contributed by atoms with Gasteiger partial charge in [0.25, 0.3) is 0 Å². The molecule has 20 heavy (non-hydrogen) atoms. The number of benzene rings is 1. The molecule has 2 heterocycles. The number of nitrogens with zero attached hydrogens (tertiary/aromatic N) is 2. The Balaban J connectivity index is 0.00000147. The van der Waals surface area contributed by atoms with E-state index in [1.807, 2.05) is 0 Å². The molecule has 1 aliphatic rings. The maximum atomic E-state index is 2.62. The van der Waals surface area contributed by atoms with Gasteiger partial charge in [-0.3, -0.25) is 4.90 Å². The SMILES string of the molecule is Br.CCCCCN1CCc2c(n(C)c3ccccc23)C1. The summed E-state index contributed by atoms with van der Waals surface area (Å²) in [6.07, 6.45) is 5.23. The third-order valence-electron chi connectivity index (χ3n) is 4.47. The largest absolute Gasteiger partial charge is 0.346 e. The fourth-order valence-corrected chi connectivity index (χ4v) is 3.34. The second kappa shape index (κ2) is 6.77. The molecule has 0 saturated heterocycles. The lowest BCUT2D eigenvalue weighted by atomic mass is 10.0. The molecule has 0 bridgehead atoms. The van der Waals surface area contributed by atoms with Crippen molar-refractivity contribution in [1.82, 2.24) is 9.47 Å². The van der Waals surface area contributed by atoms with E-state index in [4.69, 9.17) is 0 Å². The van der Waals surface area contributed by atoms with Gasteiger partial charge in [0.15, 0.2) is 0 Å². The van der Waals surface area contributed by atoms with Crippen LogP contribution in [0.4, 0.5) is 0 Å². The molecule has 0 amide bonds. The molecule has 2 aromatic rings. The third-order valence-corrected chi connectivity index (χ3v) is 4.47. The van der Waals surface area contributed by atoms with Gasteiger partial charge < -0.3 is 4.57 Å². The number of aryl methyl sites for hydroxylation is 1. The van der Waals surface area contributed by atoms with Crippen LogP contribution < -0.4 is 0 Å². The zero-order valence-corrected chi connectivity index (χ0v) is 14.3. The van der Waals surface area contributed by atoms with E-state index in [1.54, 1.807) is 5.56 Å². The molecule has 0 radical (unpaired) electrons. The minimum atomic E-state index is 0. The standard InChI is InChI=1S/C17H24N2.BrH/c1-3-4-7-11-19-12-10-15-14-8-5-6-9-16(14)18(2)17(15)13-19;/h5-6,8-9H,3-4,7,10-13H2,1-2H3;1H. The molecule has 0 unspecified atom stereocenters. The number of hydrogen-bond acceptors (Lipinski definition) is 1. The molecular weight excluding hydrogens is 312 g/mol. The van der Waals surface area contributed by atoms with E-state index in [-0.39, 0.29) is 17.0 Å². The van der Waals surface area contributed by atoms with Gasteiger partial charge >= 0.3 is 0 Å². The van der Waals surface area contributed by atoms with Gasteiger partial charge in [0.05, 0.1) is 0 Å². The molecule has 3 rings (SSSR count). The van der Waals surface area contributed by atoms with Crippen molar-refractivity contribution >= 4 is 27.9 Å². The Morgan fingerprint density at radius 3 is 2.75 bits per heavy atom. The van der Waals surface area contributed by atoms with Crippen LogP contribution in [0.25, 0.3) is 10.9 Å². The Bertz CT molecular complexity index is 574. The van der Waals surface area contributed by atoms with Crippen LogP contribution in [-0.4, -0.2) is 22.6 Å². The normalized spacial score (nSPS) is 15.1. The summed E-state index contributed by atoms with van der Waals surface area (Å²) in [5.41, 5.74) is 4.51. The first-order valence-corrected chi connectivity index (χ1v) is 7.58. The minimum absolute atomic E-state index is 0. The second-order valence-corrected chi connectivity index (χ2v) is 5.73. The first-order chi connectivity index (χ1) is 9.31. The van der Waals surface area contributed by atoms with E-state index < -0.39 is 0 Å². The second-order valence-electron chi connectivity index (χ2n) is 5.73. The molecule has 1 aliphatic heterocycles. The minimum Gasteiger partial charge on any atom is -0.346 e. The fraction of sp³-hybridized carbons (Fsp3) is 0.529. The van der Waals surface area contributed by atoms with E-state index in [2.05, 4.69) is 47.7 Å². The van der Waals surface area contributed by atoms with Gasteiger partial charge in [-0.05, 0) is 31.0 Å². The maximum absolute atomic E-state index is 2.62. The molecule has 3 heteroatoms. The summed E-state index contributed by atoms with van der Waals surface area (Å²) in [6, 6.07) is 8.83. The first-order valence-electron chi connectivity index (χ1n) is 7.58. The van der Waals surface area contributed by atoms with Crippen molar-refractivity contribution in [2.24, 2.45) is 7.05 Å². The van der Waals surface area contributed by atoms with Gasteiger partial charge in [0, 0.05) is 36.7 Å². The number of aromatic nitrogens is 1. The van der Waals surface area contributed by atoms with Gasteiger partial charge in [-0.25, -0.2) is 0 Å². The summed E-state index contributed by atoms with van der Waals surface area (Å²) >= 11 is 0. The highest BCUT2D eigenvalue weighted by Gasteiger charge is 2.21. The van der Waals surface area contributed by atoms with Crippen LogP contribution in [-0.2, 0) is 20.0 Å². The van der Waals surface area contributed by atoms with Gasteiger partial charge in [0.2, 0.25) is 0 Å². The zero-order chi connectivity index (χ0) is 13.2. The van der Waals surface area contributed by atoms with Crippen molar-refractivity contribution in [1.29, 1.82) is 0 Å². The lowest BCUT2D eigenvalue weighted by Gasteiger charge is -2.27. The summed E-state index contributed by atoms with van der Waals surface area (Å²) in [7, 11) is 2.22. The highest BCUT2D eigenvalue weighted by Crippen LogP contribution is 2.29. The predicted octanol–water partition coefficient (Wildman–Crippen LogP) is 4.30. The van der Waals surface area contributed by atoms with Crippen LogP contribution in [0.5, 0.6) is 0 Å². The summed E-state index contributed by atoms with van der Waals surface area (Å²) in [5, 5.41) is 1.47. The Morgan fingerprint density at radius 1 is 1.15 bits per heavy atom. The van der Waals surface area contributed by atoms with Crippen molar-refractivity contribution < 1.29 is 0 Å². The van der Waals surface area contributed by atoms with Crippen LogP contribution in [0.1, 0.15) is 37.4 Å². The van der Waals surface area contributed by atoms with Crippen LogP contribution in [0, 0.1) is 0 Å². The van der Waals surface area contributed by atoms with E-state index in [0.717, 1.165) is 6.54 Å². The maximum Gasteiger partial charge on any atom is 0.0483 e. The molecule has 0 atom stereocenters. The first kappa shape index (κ1) is 15.6. The Labute approximate surface area is 132 Å². The summed E-state index contributed by atoms with van der Waals surface area (Å²) < 4.78 is 2.40. The van der Waals surface area contributed by atoms with Crippen molar-refractivity contribution in [3.63, 3.8) is 0 Å². The molecule has 1 aromatic heterocycles. The van der Waals surface area contributed by atoms with E-state index in [9.17, 15) is 0 Å². The van der Waals surface area contributed by atoms with E-state index in [0.29, 0.717) is 0 Å². The molecule has 0 fully saturated rings. The van der Waals surface area contributed by atoms with Crippen LogP contribution in [0.3, 0.4) is 0 Å². The van der Waals surface area contributed by atoms with E-state index >= 15 is 0 Å². The average Bonchev–Trinajstić information content (AvgIpc) is 2.73. The van der Waals surface area contributed by atoms with Crippen LogP contribution in [0.15, 0.2) is 24.3 Å². The van der Waals surface area contributed by atoms with Gasteiger partial charge in [-0.2, -0.15) is 0 Å². The van der Waals surface area contributed by atoms with Crippen molar-refractivity contribution in [2.45, 2.75) is 39.2 Å². The smallest absolute Gasteiger partial charge is 0.0483 e. The molecule has 0 aliphatic carbocycles. The molecule has 1 aromatic carbocycles. The number of unbranched alkanes of at least 4 members (excludes halogenated alkanes) is 2. The van der Waals surface area contributed by atoms with Crippen molar-refractivity contribution in [3.8, 4) is 0 Å². The Hall–Kier alpha value is -0.800. The summed E-state index contributed by atoms with van der Waals surface area (Å²) in [4.78, 5) is 2.62. The van der Waals surface area contributed by atoms with Gasteiger partial charge in [-0.1, -0.05) is 38.0 Å². The number of hydrogen-bond donors (Lipinski definition) is 0. The molecule has 0 N–H and O–H groups in total. The van der Waals surface area contributed by atoms with Gasteiger partial charge in [-0.15, -0.1) is 17.0 Å².